The summed E-state index contributed by atoms with van der Waals surface area (Å²) in [5.74, 6) is -0.282. The fourth-order valence-electron chi connectivity index (χ4n) is 4.10. The lowest BCUT2D eigenvalue weighted by Gasteiger charge is -2.09. The summed E-state index contributed by atoms with van der Waals surface area (Å²) in [6.07, 6.45) is 3.25. The van der Waals surface area contributed by atoms with E-state index < -0.39 is 0 Å². The van der Waals surface area contributed by atoms with E-state index in [2.05, 4.69) is 15.3 Å². The minimum absolute atomic E-state index is 0.0828. The summed E-state index contributed by atoms with van der Waals surface area (Å²) in [6, 6.07) is 18.9. The van der Waals surface area contributed by atoms with Crippen LogP contribution < -0.4 is 10.9 Å². The van der Waals surface area contributed by atoms with Crippen LogP contribution in [0.5, 0.6) is 0 Å². The Morgan fingerprint density at radius 3 is 2.57 bits per heavy atom. The van der Waals surface area contributed by atoms with Gasteiger partial charge in [-0.2, -0.15) is 0 Å². The van der Waals surface area contributed by atoms with E-state index in [0.29, 0.717) is 33.0 Å². The Morgan fingerprint density at radius 1 is 1.09 bits per heavy atom. The lowest BCUT2D eigenvalue weighted by atomic mass is 9.99. The number of halogens is 2. The molecule has 3 aromatic heterocycles. The van der Waals surface area contributed by atoms with Crippen LogP contribution in [-0.2, 0) is 18.3 Å². The highest BCUT2D eigenvalue weighted by molar-refractivity contribution is 6.35. The number of carbonyl (C=O) groups is 1. The van der Waals surface area contributed by atoms with E-state index in [9.17, 15) is 14.0 Å². The van der Waals surface area contributed by atoms with Gasteiger partial charge < -0.3 is 14.9 Å². The van der Waals surface area contributed by atoms with Crippen molar-refractivity contribution in [1.82, 2.24) is 14.5 Å². The van der Waals surface area contributed by atoms with E-state index in [0.717, 1.165) is 16.7 Å². The number of nitrogens with zero attached hydrogens (tertiary/aromatic N) is 2. The number of fused-ring (bicyclic) bond motifs is 1. The van der Waals surface area contributed by atoms with Crippen molar-refractivity contribution in [2.45, 2.75) is 6.42 Å². The van der Waals surface area contributed by atoms with Crippen molar-refractivity contribution < 1.29 is 9.18 Å². The van der Waals surface area contributed by atoms with Crippen LogP contribution in [-0.4, -0.2) is 20.4 Å². The fraction of sp³-hybridized carbons (Fsp3) is 0.0741. The molecule has 0 atom stereocenters. The average molecular weight is 487 g/mol. The quantitative estimate of drug-likeness (QED) is 0.341. The lowest BCUT2D eigenvalue weighted by molar-refractivity contribution is -0.115. The van der Waals surface area contributed by atoms with Gasteiger partial charge in [0.2, 0.25) is 5.91 Å². The Bertz CT molecular complexity index is 1610. The van der Waals surface area contributed by atoms with Crippen LogP contribution in [0, 0.1) is 5.82 Å². The number of benzene rings is 2. The zero-order valence-electron chi connectivity index (χ0n) is 18.7. The minimum Gasteiger partial charge on any atom is -0.353 e. The molecule has 0 aliphatic heterocycles. The first-order valence-corrected chi connectivity index (χ1v) is 11.3. The predicted octanol–water partition coefficient (Wildman–Crippen LogP) is 5.57. The van der Waals surface area contributed by atoms with Gasteiger partial charge in [-0.15, -0.1) is 0 Å². The van der Waals surface area contributed by atoms with Crippen molar-refractivity contribution in [3.8, 4) is 22.4 Å². The molecule has 3 heterocycles. The number of anilines is 1. The Hall–Kier alpha value is -4.23. The molecule has 0 radical (unpaired) electrons. The molecule has 1 amide bonds. The monoisotopic (exact) mass is 486 g/mol. The number of aromatic nitrogens is 3. The summed E-state index contributed by atoms with van der Waals surface area (Å²) < 4.78 is 14.6. The second-order valence-corrected chi connectivity index (χ2v) is 8.57. The normalized spacial score (nSPS) is 11.1. The summed E-state index contributed by atoms with van der Waals surface area (Å²) in [5.41, 5.74) is 4.05. The first-order chi connectivity index (χ1) is 16.9. The topological polar surface area (TPSA) is 79.8 Å². The van der Waals surface area contributed by atoms with Crippen LogP contribution in [0.15, 0.2) is 83.9 Å². The van der Waals surface area contributed by atoms with Crippen molar-refractivity contribution in [2.24, 2.45) is 7.05 Å². The zero-order chi connectivity index (χ0) is 24.5. The molecule has 0 saturated heterocycles. The molecule has 5 rings (SSSR count). The summed E-state index contributed by atoms with van der Waals surface area (Å²) >= 11 is 6.50. The van der Waals surface area contributed by atoms with E-state index in [1.54, 1.807) is 43.7 Å². The number of carbonyl (C=O) groups excluding carboxylic acids is 1. The van der Waals surface area contributed by atoms with Gasteiger partial charge in [0.05, 0.1) is 28.0 Å². The van der Waals surface area contributed by atoms with Crippen LogP contribution in [0.2, 0.25) is 5.02 Å². The summed E-state index contributed by atoms with van der Waals surface area (Å²) in [4.78, 5) is 33.3. The summed E-state index contributed by atoms with van der Waals surface area (Å²) in [7, 11) is 1.66. The van der Waals surface area contributed by atoms with Gasteiger partial charge in [0.1, 0.15) is 11.6 Å². The van der Waals surface area contributed by atoms with Crippen LogP contribution in [0.3, 0.4) is 0 Å². The molecule has 0 saturated carbocycles. The molecule has 174 valence electrons. The molecule has 35 heavy (non-hydrogen) atoms. The molecule has 0 aliphatic rings. The van der Waals surface area contributed by atoms with E-state index in [1.807, 2.05) is 30.3 Å². The fourth-order valence-corrected chi connectivity index (χ4v) is 4.39. The smallest absolute Gasteiger partial charge is 0.260 e. The number of hydrogen-bond donors (Lipinski definition) is 2. The average Bonchev–Trinajstić information content (AvgIpc) is 3.26. The highest BCUT2D eigenvalue weighted by Crippen LogP contribution is 2.39. The molecule has 5 aromatic rings. The first-order valence-electron chi connectivity index (χ1n) is 10.9. The van der Waals surface area contributed by atoms with Crippen LogP contribution >= 0.6 is 11.6 Å². The highest BCUT2D eigenvalue weighted by atomic mass is 35.5. The molecule has 0 bridgehead atoms. The predicted molar refractivity (Wildman–Crippen MR) is 136 cm³/mol. The van der Waals surface area contributed by atoms with Crippen LogP contribution in [0.25, 0.3) is 33.3 Å². The Kier molecular flexibility index (Phi) is 5.93. The van der Waals surface area contributed by atoms with Crippen molar-refractivity contribution in [3.63, 3.8) is 0 Å². The SMILES string of the molecule is Cn1cc(Cl)c2[nH]c(-c3ccnc(NC(=O)Cc4ccc(F)cc4)c3)c(-c3ccccc3)c2c1=O. The maximum atomic E-state index is 13.1. The number of aromatic amines is 1. The molecule has 2 N–H and O–H groups in total. The van der Waals surface area contributed by atoms with Crippen molar-refractivity contribution in [3.05, 3.63) is 106 Å². The third-order valence-corrected chi connectivity index (χ3v) is 6.02. The van der Waals surface area contributed by atoms with Gasteiger partial charge in [-0.3, -0.25) is 9.59 Å². The molecule has 8 heteroatoms. The van der Waals surface area contributed by atoms with E-state index in [4.69, 9.17) is 11.6 Å². The molecular weight excluding hydrogens is 467 g/mol. The van der Waals surface area contributed by atoms with Crippen molar-refractivity contribution in [2.75, 3.05) is 5.32 Å². The molecule has 0 aliphatic carbocycles. The number of H-pyrrole nitrogens is 1. The largest absolute Gasteiger partial charge is 0.353 e. The third-order valence-electron chi connectivity index (χ3n) is 5.74. The van der Waals surface area contributed by atoms with Crippen LogP contribution in [0.4, 0.5) is 10.2 Å². The zero-order valence-corrected chi connectivity index (χ0v) is 19.4. The molecule has 0 fully saturated rings. The van der Waals surface area contributed by atoms with Crippen molar-refractivity contribution in [1.29, 1.82) is 0 Å². The molecule has 2 aromatic carbocycles. The molecule has 0 unspecified atom stereocenters. The van der Waals surface area contributed by atoms with Crippen molar-refractivity contribution >= 4 is 34.2 Å². The minimum atomic E-state index is -0.356. The van der Waals surface area contributed by atoms with E-state index >= 15 is 0 Å². The Morgan fingerprint density at radius 2 is 1.83 bits per heavy atom. The van der Waals surface area contributed by atoms with Gasteiger partial charge in [0.25, 0.3) is 5.56 Å². The number of pyridine rings is 2. The maximum Gasteiger partial charge on any atom is 0.260 e. The Balaban J connectivity index is 1.57. The Labute approximate surface area is 205 Å². The van der Waals surface area contributed by atoms with Gasteiger partial charge in [0, 0.05) is 30.6 Å². The number of hydrogen-bond acceptors (Lipinski definition) is 3. The van der Waals surface area contributed by atoms with Gasteiger partial charge in [0.15, 0.2) is 0 Å². The summed E-state index contributed by atoms with van der Waals surface area (Å²) in [5, 5.41) is 3.70. The maximum absolute atomic E-state index is 13.1. The number of rotatable bonds is 5. The number of amides is 1. The second-order valence-electron chi connectivity index (χ2n) is 8.17. The number of nitrogens with one attached hydrogen (secondary N) is 2. The van der Waals surface area contributed by atoms with Gasteiger partial charge in [-0.1, -0.05) is 54.1 Å². The van der Waals surface area contributed by atoms with E-state index in [1.165, 1.54) is 16.7 Å². The second kappa shape index (κ2) is 9.19. The lowest BCUT2D eigenvalue weighted by Crippen LogP contribution is -2.16. The third kappa shape index (κ3) is 4.46. The molecular formula is C27H20ClFN4O2. The molecule has 6 nitrogen and oxygen atoms in total. The molecule has 0 spiro atoms. The van der Waals surface area contributed by atoms with Crippen LogP contribution in [0.1, 0.15) is 5.56 Å². The first kappa shape index (κ1) is 22.6. The van der Waals surface area contributed by atoms with Gasteiger partial charge in [-0.25, -0.2) is 9.37 Å². The number of aryl methyl sites for hydroxylation is 1. The van der Waals surface area contributed by atoms with Gasteiger partial charge in [-0.05, 0) is 35.4 Å². The van der Waals surface area contributed by atoms with E-state index in [-0.39, 0.29) is 23.7 Å². The highest BCUT2D eigenvalue weighted by Gasteiger charge is 2.21. The standard InChI is InChI=1S/C27H20ClFN4O2/c1-33-15-20(28)26-24(27(33)35)23(17-5-3-2-4-6-17)25(32-26)18-11-12-30-21(14-18)31-22(34)13-16-7-9-19(29)10-8-16/h2-12,14-15,32H,13H2,1H3,(H,30,31,34). The summed E-state index contributed by atoms with van der Waals surface area (Å²) in [6.45, 7) is 0. The van der Waals surface area contributed by atoms with Gasteiger partial charge >= 0.3 is 0 Å².